The maximum absolute atomic E-state index is 12.9. The van der Waals surface area contributed by atoms with Gasteiger partial charge in [-0.1, -0.05) is 11.6 Å². The van der Waals surface area contributed by atoms with E-state index in [1.54, 1.807) is 35.2 Å². The summed E-state index contributed by atoms with van der Waals surface area (Å²) in [5.41, 5.74) is 0.512. The zero-order valence-corrected chi connectivity index (χ0v) is 14.2. The van der Waals surface area contributed by atoms with Crippen LogP contribution in [0.3, 0.4) is 0 Å². The van der Waals surface area contributed by atoms with Crippen molar-refractivity contribution in [2.45, 2.75) is 20.0 Å². The Labute approximate surface area is 142 Å². The Morgan fingerprint density at radius 1 is 1.21 bits per heavy atom. The summed E-state index contributed by atoms with van der Waals surface area (Å²) in [5.74, 6) is 0. The zero-order valence-electron chi connectivity index (χ0n) is 13.4. The third-order valence-corrected chi connectivity index (χ3v) is 4.10. The molecule has 0 unspecified atom stereocenters. The lowest BCUT2D eigenvalue weighted by molar-refractivity contribution is 0.184. The number of imidazole rings is 1. The number of hydrogen-bond donors (Lipinski definition) is 0. The van der Waals surface area contributed by atoms with Crippen LogP contribution in [0.1, 0.15) is 6.92 Å². The van der Waals surface area contributed by atoms with Crippen LogP contribution in [-0.4, -0.2) is 32.4 Å². The highest BCUT2D eigenvalue weighted by atomic mass is 35.5. The molecule has 3 aromatic rings. The average Bonchev–Trinajstić information content (AvgIpc) is 3.00. The summed E-state index contributed by atoms with van der Waals surface area (Å²) >= 11 is 5.93. The number of aryl methyl sites for hydroxylation is 1. The maximum atomic E-state index is 12.9. The molecule has 1 aromatic carbocycles. The first-order chi connectivity index (χ1) is 11.6. The molecule has 0 radical (unpaired) electrons. The predicted molar refractivity (Wildman–Crippen MR) is 92.2 cm³/mol. The maximum Gasteiger partial charge on any atom is 0.337 e. The van der Waals surface area contributed by atoms with Gasteiger partial charge < -0.3 is 9.30 Å². The lowest BCUT2D eigenvalue weighted by Crippen LogP contribution is -2.41. The third-order valence-electron chi connectivity index (χ3n) is 3.84. The van der Waals surface area contributed by atoms with E-state index in [9.17, 15) is 9.59 Å². The van der Waals surface area contributed by atoms with Gasteiger partial charge in [0.1, 0.15) is 0 Å². The molecule has 0 N–H and O–H groups in total. The Morgan fingerprint density at radius 3 is 2.54 bits per heavy atom. The second-order valence-corrected chi connectivity index (χ2v) is 5.68. The summed E-state index contributed by atoms with van der Waals surface area (Å²) in [6, 6.07) is 6.83. The highest BCUT2D eigenvalue weighted by Crippen LogP contribution is 2.16. The summed E-state index contributed by atoms with van der Waals surface area (Å²) < 4.78 is 9.35. The van der Waals surface area contributed by atoms with Gasteiger partial charge in [0.25, 0.3) is 5.56 Å². The lowest BCUT2D eigenvalue weighted by Gasteiger charge is -2.12. The number of hydrogen-bond acceptors (Lipinski definition) is 4. The van der Waals surface area contributed by atoms with Crippen LogP contribution < -0.4 is 11.2 Å². The minimum absolute atomic E-state index is 0.173. The SMILES string of the molecule is CCn1cnc2c1c(=O)n(CCOC)c(=O)n2-c1ccc(Cl)cc1. The Morgan fingerprint density at radius 2 is 1.92 bits per heavy atom. The number of aromatic nitrogens is 4. The molecular weight excluding hydrogens is 332 g/mol. The van der Waals surface area contributed by atoms with E-state index in [4.69, 9.17) is 16.3 Å². The van der Waals surface area contributed by atoms with Gasteiger partial charge >= 0.3 is 5.69 Å². The molecule has 0 bridgehead atoms. The first-order valence-electron chi connectivity index (χ1n) is 7.54. The quantitative estimate of drug-likeness (QED) is 0.703. The van der Waals surface area contributed by atoms with Gasteiger partial charge in [-0.3, -0.25) is 9.36 Å². The van der Waals surface area contributed by atoms with Crippen molar-refractivity contribution in [3.8, 4) is 5.69 Å². The van der Waals surface area contributed by atoms with Gasteiger partial charge in [0.2, 0.25) is 0 Å². The number of rotatable bonds is 5. The number of halogens is 1. The molecule has 7 nitrogen and oxygen atoms in total. The first kappa shape index (κ1) is 16.5. The van der Waals surface area contributed by atoms with Crippen molar-refractivity contribution in [1.82, 2.24) is 18.7 Å². The molecular formula is C16H17ClN4O3. The molecule has 3 rings (SSSR count). The minimum atomic E-state index is -0.451. The fraction of sp³-hybridized carbons (Fsp3) is 0.312. The fourth-order valence-electron chi connectivity index (χ4n) is 2.62. The van der Waals surface area contributed by atoms with E-state index in [0.29, 0.717) is 28.4 Å². The Balaban J connectivity index is 2.39. The Kier molecular flexibility index (Phi) is 4.55. The summed E-state index contributed by atoms with van der Waals surface area (Å²) in [6.07, 6.45) is 1.57. The molecule has 24 heavy (non-hydrogen) atoms. The summed E-state index contributed by atoms with van der Waals surface area (Å²) in [4.78, 5) is 29.9. The lowest BCUT2D eigenvalue weighted by atomic mass is 10.3. The van der Waals surface area contributed by atoms with E-state index >= 15 is 0 Å². The van der Waals surface area contributed by atoms with Crippen LogP contribution in [0.25, 0.3) is 16.9 Å². The second kappa shape index (κ2) is 6.62. The van der Waals surface area contributed by atoms with Gasteiger partial charge in [-0.2, -0.15) is 0 Å². The van der Waals surface area contributed by atoms with Crippen molar-refractivity contribution in [3.05, 3.63) is 56.5 Å². The standard InChI is InChI=1S/C16H17ClN4O3/c1-3-19-10-18-14-13(19)15(22)20(8-9-24-2)16(23)21(14)12-6-4-11(17)5-7-12/h4-7,10H,3,8-9H2,1-2H3. The van der Waals surface area contributed by atoms with Crippen LogP contribution in [0, 0.1) is 0 Å². The second-order valence-electron chi connectivity index (χ2n) is 5.25. The number of methoxy groups -OCH3 is 1. The van der Waals surface area contributed by atoms with Crippen molar-refractivity contribution in [2.24, 2.45) is 0 Å². The van der Waals surface area contributed by atoms with Crippen LogP contribution in [0.4, 0.5) is 0 Å². The van der Waals surface area contributed by atoms with Crippen molar-refractivity contribution < 1.29 is 4.74 Å². The molecule has 126 valence electrons. The van der Waals surface area contributed by atoms with Crippen molar-refractivity contribution in [2.75, 3.05) is 13.7 Å². The predicted octanol–water partition coefficient (Wildman–Crippen LogP) is 1.67. The van der Waals surface area contributed by atoms with Crippen molar-refractivity contribution in [3.63, 3.8) is 0 Å². The summed E-state index contributed by atoms with van der Waals surface area (Å²) in [6.45, 7) is 2.93. The van der Waals surface area contributed by atoms with E-state index in [2.05, 4.69) is 4.98 Å². The Hall–Kier alpha value is -2.38. The molecule has 0 amide bonds. The van der Waals surface area contributed by atoms with Gasteiger partial charge in [0, 0.05) is 18.7 Å². The van der Waals surface area contributed by atoms with Gasteiger partial charge in [0.15, 0.2) is 11.2 Å². The first-order valence-corrected chi connectivity index (χ1v) is 7.91. The zero-order chi connectivity index (χ0) is 17.3. The molecule has 0 saturated heterocycles. The monoisotopic (exact) mass is 348 g/mol. The van der Waals surface area contributed by atoms with E-state index in [-0.39, 0.29) is 18.7 Å². The van der Waals surface area contributed by atoms with Gasteiger partial charge in [-0.15, -0.1) is 0 Å². The van der Waals surface area contributed by atoms with Crippen LogP contribution >= 0.6 is 11.6 Å². The highest BCUT2D eigenvalue weighted by Gasteiger charge is 2.18. The molecule has 0 saturated carbocycles. The average molecular weight is 349 g/mol. The van der Waals surface area contributed by atoms with Crippen molar-refractivity contribution in [1.29, 1.82) is 0 Å². The number of ether oxygens (including phenoxy) is 1. The van der Waals surface area contributed by atoms with Gasteiger partial charge in [-0.25, -0.2) is 14.3 Å². The van der Waals surface area contributed by atoms with Crippen LogP contribution in [0.2, 0.25) is 5.02 Å². The fourth-order valence-corrected chi connectivity index (χ4v) is 2.75. The van der Waals surface area contributed by atoms with E-state index < -0.39 is 5.69 Å². The number of nitrogens with zero attached hydrogens (tertiary/aromatic N) is 4. The van der Waals surface area contributed by atoms with Crippen LogP contribution in [0.5, 0.6) is 0 Å². The topological polar surface area (TPSA) is 71.1 Å². The van der Waals surface area contributed by atoms with Gasteiger partial charge in [-0.05, 0) is 31.2 Å². The van der Waals surface area contributed by atoms with Crippen LogP contribution in [0.15, 0.2) is 40.2 Å². The van der Waals surface area contributed by atoms with E-state index in [1.165, 1.54) is 16.2 Å². The molecule has 0 aliphatic heterocycles. The molecule has 0 fully saturated rings. The molecule has 0 aliphatic carbocycles. The van der Waals surface area contributed by atoms with Crippen LogP contribution in [-0.2, 0) is 17.8 Å². The van der Waals surface area contributed by atoms with E-state index in [1.807, 2.05) is 6.92 Å². The molecule has 0 atom stereocenters. The molecule has 0 aliphatic rings. The molecule has 2 heterocycles. The number of benzene rings is 1. The van der Waals surface area contributed by atoms with E-state index in [0.717, 1.165) is 0 Å². The molecule has 2 aromatic heterocycles. The highest BCUT2D eigenvalue weighted by molar-refractivity contribution is 6.30. The normalized spacial score (nSPS) is 11.3. The number of fused-ring (bicyclic) bond motifs is 1. The Bertz CT molecular complexity index is 985. The van der Waals surface area contributed by atoms with Crippen molar-refractivity contribution >= 4 is 22.8 Å². The molecule has 8 heteroatoms. The molecule has 0 spiro atoms. The minimum Gasteiger partial charge on any atom is -0.383 e. The smallest absolute Gasteiger partial charge is 0.337 e. The van der Waals surface area contributed by atoms with Gasteiger partial charge in [0.05, 0.1) is 25.2 Å². The summed E-state index contributed by atoms with van der Waals surface area (Å²) in [7, 11) is 1.53. The largest absolute Gasteiger partial charge is 0.383 e. The third kappa shape index (κ3) is 2.65. The summed E-state index contributed by atoms with van der Waals surface area (Å²) in [5, 5.41) is 0.565.